The largest absolute Gasteiger partial charge is 0.486 e. The van der Waals surface area contributed by atoms with Crippen molar-refractivity contribution in [2.75, 3.05) is 0 Å². The van der Waals surface area contributed by atoms with E-state index >= 15 is 0 Å². The minimum atomic E-state index is 0.0428. The first-order chi connectivity index (χ1) is 8.20. The molecule has 3 nitrogen and oxygen atoms in total. The van der Waals surface area contributed by atoms with E-state index in [0.29, 0.717) is 6.61 Å². The van der Waals surface area contributed by atoms with Crippen LogP contribution in [0.3, 0.4) is 0 Å². The highest BCUT2D eigenvalue weighted by atomic mass is 32.1. The maximum atomic E-state index is 8.95. The number of rotatable bonds is 4. The molecule has 0 bridgehead atoms. The quantitative estimate of drug-likeness (QED) is 0.906. The first-order valence-electron chi connectivity index (χ1n) is 5.44. The van der Waals surface area contributed by atoms with E-state index in [9.17, 15) is 0 Å². The predicted molar refractivity (Wildman–Crippen MR) is 68.3 cm³/mol. The van der Waals surface area contributed by atoms with E-state index in [1.54, 1.807) is 6.20 Å². The van der Waals surface area contributed by atoms with Gasteiger partial charge in [-0.05, 0) is 31.0 Å². The van der Waals surface area contributed by atoms with Crippen LogP contribution in [-0.4, -0.2) is 10.1 Å². The second-order valence-electron chi connectivity index (χ2n) is 3.87. The fraction of sp³-hybridized carbons (Fsp3) is 0.308. The zero-order valence-corrected chi connectivity index (χ0v) is 10.8. The minimum Gasteiger partial charge on any atom is -0.486 e. The lowest BCUT2D eigenvalue weighted by Gasteiger charge is -2.09. The number of aliphatic hydroxyl groups excluding tert-OH is 1. The van der Waals surface area contributed by atoms with E-state index in [2.05, 4.69) is 18.0 Å². The van der Waals surface area contributed by atoms with Gasteiger partial charge in [0.05, 0.1) is 11.5 Å². The number of hydrogen-bond donors (Lipinski definition) is 1. The van der Waals surface area contributed by atoms with Crippen LogP contribution in [0.4, 0.5) is 0 Å². The maximum Gasteiger partial charge on any atom is 0.140 e. The molecule has 4 heteroatoms. The number of ether oxygens (including phenoxy) is 1. The van der Waals surface area contributed by atoms with Crippen LogP contribution in [-0.2, 0) is 13.2 Å². The topological polar surface area (TPSA) is 42.4 Å². The molecular weight excluding hydrogens is 234 g/mol. The molecule has 90 valence electrons. The summed E-state index contributed by atoms with van der Waals surface area (Å²) >= 11 is 1.48. The summed E-state index contributed by atoms with van der Waals surface area (Å²) in [6.45, 7) is 4.61. The zero-order valence-electron chi connectivity index (χ0n) is 9.93. The van der Waals surface area contributed by atoms with Crippen LogP contribution < -0.4 is 4.74 Å². The standard InChI is InChI=1S/C13H15NO2S/c1-9-4-3-5-12(10(9)2)16-8-13-14-6-11(7-15)17-13/h3-6,15H,7-8H2,1-2H3. The van der Waals surface area contributed by atoms with Gasteiger partial charge in [0.15, 0.2) is 0 Å². The molecule has 0 saturated carbocycles. The number of thiazole rings is 1. The molecule has 0 aliphatic carbocycles. The molecule has 0 unspecified atom stereocenters. The van der Waals surface area contributed by atoms with Gasteiger partial charge in [-0.3, -0.25) is 0 Å². The van der Waals surface area contributed by atoms with Crippen LogP contribution in [0.2, 0.25) is 0 Å². The number of nitrogens with zero attached hydrogens (tertiary/aromatic N) is 1. The first kappa shape index (κ1) is 12.1. The lowest BCUT2D eigenvalue weighted by Crippen LogP contribution is -1.97. The molecule has 0 amide bonds. The van der Waals surface area contributed by atoms with E-state index < -0.39 is 0 Å². The molecular formula is C13H15NO2S. The SMILES string of the molecule is Cc1cccc(OCc2ncc(CO)s2)c1C. The first-order valence-corrected chi connectivity index (χ1v) is 6.26. The second kappa shape index (κ2) is 5.29. The van der Waals surface area contributed by atoms with Gasteiger partial charge < -0.3 is 9.84 Å². The van der Waals surface area contributed by atoms with Crippen LogP contribution in [0.1, 0.15) is 21.0 Å². The van der Waals surface area contributed by atoms with E-state index in [-0.39, 0.29) is 6.61 Å². The Hall–Kier alpha value is -1.39. The molecule has 0 spiro atoms. The van der Waals surface area contributed by atoms with E-state index in [4.69, 9.17) is 9.84 Å². The Morgan fingerprint density at radius 3 is 2.88 bits per heavy atom. The lowest BCUT2D eigenvalue weighted by molar-refractivity contribution is 0.285. The van der Waals surface area contributed by atoms with E-state index in [0.717, 1.165) is 21.2 Å². The molecule has 0 radical (unpaired) electrons. The third kappa shape index (κ3) is 2.84. The average Bonchev–Trinajstić information content (AvgIpc) is 2.79. The normalized spacial score (nSPS) is 10.5. The van der Waals surface area contributed by atoms with Gasteiger partial charge in [-0.1, -0.05) is 12.1 Å². The van der Waals surface area contributed by atoms with Gasteiger partial charge >= 0.3 is 0 Å². The zero-order chi connectivity index (χ0) is 12.3. The molecule has 2 rings (SSSR count). The van der Waals surface area contributed by atoms with E-state index in [1.807, 2.05) is 19.1 Å². The number of hydrogen-bond acceptors (Lipinski definition) is 4. The van der Waals surface area contributed by atoms with Crippen molar-refractivity contribution in [1.29, 1.82) is 0 Å². The van der Waals surface area contributed by atoms with Crippen LogP contribution >= 0.6 is 11.3 Å². The van der Waals surface area contributed by atoms with Gasteiger partial charge in [-0.25, -0.2) is 4.98 Å². The molecule has 1 N–H and O–H groups in total. The van der Waals surface area contributed by atoms with Crippen molar-refractivity contribution in [2.45, 2.75) is 27.1 Å². The Labute approximate surface area is 105 Å². The van der Waals surface area contributed by atoms with Gasteiger partial charge in [-0.15, -0.1) is 11.3 Å². The van der Waals surface area contributed by atoms with Crippen LogP contribution in [0.15, 0.2) is 24.4 Å². The number of aromatic nitrogens is 1. The molecule has 0 aliphatic rings. The van der Waals surface area contributed by atoms with Crippen molar-refractivity contribution >= 4 is 11.3 Å². The van der Waals surface area contributed by atoms with Crippen LogP contribution in [0.5, 0.6) is 5.75 Å². The van der Waals surface area contributed by atoms with Gasteiger partial charge in [0.25, 0.3) is 0 Å². The highest BCUT2D eigenvalue weighted by molar-refractivity contribution is 7.11. The molecule has 0 aliphatic heterocycles. The van der Waals surface area contributed by atoms with Crippen molar-refractivity contribution in [3.63, 3.8) is 0 Å². The Bertz CT molecular complexity index is 508. The molecule has 1 heterocycles. The fourth-order valence-electron chi connectivity index (χ4n) is 1.51. The van der Waals surface area contributed by atoms with Gasteiger partial charge in [-0.2, -0.15) is 0 Å². The van der Waals surface area contributed by atoms with Crippen molar-refractivity contribution in [3.05, 3.63) is 45.4 Å². The van der Waals surface area contributed by atoms with Crippen molar-refractivity contribution < 1.29 is 9.84 Å². The third-order valence-corrected chi connectivity index (χ3v) is 3.62. The Kier molecular flexibility index (Phi) is 3.76. The monoisotopic (exact) mass is 249 g/mol. The third-order valence-electron chi connectivity index (χ3n) is 2.66. The summed E-state index contributed by atoms with van der Waals surface area (Å²) in [5, 5.41) is 9.83. The summed E-state index contributed by atoms with van der Waals surface area (Å²) in [6.07, 6.45) is 1.69. The summed E-state index contributed by atoms with van der Waals surface area (Å²) in [4.78, 5) is 5.05. The summed E-state index contributed by atoms with van der Waals surface area (Å²) in [5.41, 5.74) is 2.38. The van der Waals surface area contributed by atoms with Crippen LogP contribution in [0.25, 0.3) is 0 Å². The highest BCUT2D eigenvalue weighted by Gasteiger charge is 2.05. The Morgan fingerprint density at radius 2 is 2.18 bits per heavy atom. The predicted octanol–water partition coefficient (Wildman–Crippen LogP) is 2.83. The fourth-order valence-corrected chi connectivity index (χ4v) is 2.20. The van der Waals surface area contributed by atoms with Gasteiger partial charge in [0.1, 0.15) is 17.4 Å². The summed E-state index contributed by atoms with van der Waals surface area (Å²) in [7, 11) is 0. The minimum absolute atomic E-state index is 0.0428. The molecule has 2 aromatic rings. The summed E-state index contributed by atoms with van der Waals surface area (Å²) in [6, 6.07) is 6.01. The summed E-state index contributed by atoms with van der Waals surface area (Å²) in [5.74, 6) is 0.894. The van der Waals surface area contributed by atoms with E-state index in [1.165, 1.54) is 16.9 Å². The average molecular weight is 249 g/mol. The molecule has 17 heavy (non-hydrogen) atoms. The molecule has 1 aromatic heterocycles. The molecule has 1 aromatic carbocycles. The van der Waals surface area contributed by atoms with Crippen molar-refractivity contribution in [3.8, 4) is 5.75 Å². The molecule has 0 atom stereocenters. The lowest BCUT2D eigenvalue weighted by atomic mass is 10.1. The van der Waals surface area contributed by atoms with Crippen molar-refractivity contribution in [2.24, 2.45) is 0 Å². The maximum absolute atomic E-state index is 8.95. The number of aryl methyl sites for hydroxylation is 1. The number of aliphatic hydroxyl groups is 1. The van der Waals surface area contributed by atoms with Crippen molar-refractivity contribution in [1.82, 2.24) is 4.98 Å². The van der Waals surface area contributed by atoms with Crippen LogP contribution in [0, 0.1) is 13.8 Å². The Morgan fingerprint density at radius 1 is 1.35 bits per heavy atom. The molecule has 0 saturated heterocycles. The summed E-state index contributed by atoms with van der Waals surface area (Å²) < 4.78 is 5.73. The highest BCUT2D eigenvalue weighted by Crippen LogP contribution is 2.22. The number of benzene rings is 1. The second-order valence-corrected chi connectivity index (χ2v) is 5.06. The molecule has 0 fully saturated rings. The Balaban J connectivity index is 2.04. The van der Waals surface area contributed by atoms with Gasteiger partial charge in [0, 0.05) is 6.20 Å². The smallest absolute Gasteiger partial charge is 0.140 e. The van der Waals surface area contributed by atoms with Gasteiger partial charge in [0.2, 0.25) is 0 Å².